The summed E-state index contributed by atoms with van der Waals surface area (Å²) >= 11 is 0. The first kappa shape index (κ1) is 23.5. The standard InChI is InChI=1S/C21H27F2N2O3.BrH/c1-16-24(2)12-13-25(16)11-6-14-28-19(26)21(27,17-7-4-3-5-8-17)18-9-10-20(22,23)15-18;/h3-5,7-8,12-13,18,27H,6,9-11,14-15H2,1-2H3;1H/q+1;/p-1/t18-,21+;/m1./s1. The average molecular weight is 473 g/mol. The molecule has 2 atom stereocenters. The quantitative estimate of drug-likeness (QED) is 0.347. The summed E-state index contributed by atoms with van der Waals surface area (Å²) in [5.74, 6) is -3.52. The van der Waals surface area contributed by atoms with Gasteiger partial charge in [-0.25, -0.2) is 22.7 Å². The number of alkyl halides is 2. The summed E-state index contributed by atoms with van der Waals surface area (Å²) in [6.07, 6.45) is 3.67. The SMILES string of the molecule is Cc1n(CCCOC(=O)[C@](O)(c2ccccc2)[C@@H]2CCC(F)(F)C2)cc[n+]1C.[Br-]. The lowest BCUT2D eigenvalue weighted by molar-refractivity contribution is -0.677. The number of rotatable bonds is 7. The van der Waals surface area contributed by atoms with Crippen LogP contribution in [0.25, 0.3) is 0 Å². The summed E-state index contributed by atoms with van der Waals surface area (Å²) in [5, 5.41) is 11.2. The zero-order valence-electron chi connectivity index (χ0n) is 16.7. The molecular weight excluding hydrogens is 446 g/mol. The Labute approximate surface area is 180 Å². The van der Waals surface area contributed by atoms with Gasteiger partial charge in [0.25, 0.3) is 5.82 Å². The first-order chi connectivity index (χ1) is 13.2. The van der Waals surface area contributed by atoms with Crippen LogP contribution in [0.5, 0.6) is 0 Å². The number of aliphatic hydroxyl groups is 1. The molecule has 5 nitrogen and oxygen atoms in total. The summed E-state index contributed by atoms with van der Waals surface area (Å²) in [6, 6.07) is 8.27. The molecule has 1 aromatic carbocycles. The van der Waals surface area contributed by atoms with Gasteiger partial charge >= 0.3 is 5.97 Å². The van der Waals surface area contributed by atoms with Crippen LogP contribution >= 0.6 is 0 Å². The second-order valence-electron chi connectivity index (χ2n) is 7.57. The van der Waals surface area contributed by atoms with E-state index in [1.807, 2.05) is 35.5 Å². The Kier molecular flexibility index (Phi) is 7.56. The van der Waals surface area contributed by atoms with Crippen LogP contribution in [-0.2, 0) is 28.7 Å². The van der Waals surface area contributed by atoms with Crippen molar-refractivity contribution in [2.75, 3.05) is 6.61 Å². The molecule has 1 fully saturated rings. The second-order valence-corrected chi connectivity index (χ2v) is 7.57. The summed E-state index contributed by atoms with van der Waals surface area (Å²) in [5.41, 5.74) is -1.76. The maximum Gasteiger partial charge on any atom is 0.343 e. The first-order valence-electron chi connectivity index (χ1n) is 9.58. The van der Waals surface area contributed by atoms with Gasteiger partial charge in [0.15, 0.2) is 5.60 Å². The van der Waals surface area contributed by atoms with E-state index in [4.69, 9.17) is 4.74 Å². The molecule has 3 rings (SSSR count). The molecule has 0 saturated heterocycles. The topological polar surface area (TPSA) is 55.3 Å². The normalized spacial score (nSPS) is 20.0. The number of hydrogen-bond acceptors (Lipinski definition) is 3. The number of imidazole rings is 1. The minimum absolute atomic E-state index is 0. The van der Waals surface area contributed by atoms with Gasteiger partial charge in [-0.15, -0.1) is 0 Å². The number of aromatic nitrogens is 2. The molecular formula is C21H27BrF2N2O3. The molecule has 0 bridgehead atoms. The fourth-order valence-electron chi connectivity index (χ4n) is 3.86. The smallest absolute Gasteiger partial charge is 0.343 e. The number of aryl methyl sites for hydroxylation is 2. The predicted octanol–water partition coefficient (Wildman–Crippen LogP) is -0.118. The molecule has 0 radical (unpaired) electrons. The van der Waals surface area contributed by atoms with Crippen molar-refractivity contribution in [3.8, 4) is 0 Å². The van der Waals surface area contributed by atoms with Gasteiger partial charge in [0.05, 0.1) is 20.2 Å². The first-order valence-corrected chi connectivity index (χ1v) is 9.58. The summed E-state index contributed by atoms with van der Waals surface area (Å²) in [7, 11) is 1.95. The highest BCUT2D eigenvalue weighted by Crippen LogP contribution is 2.47. The van der Waals surface area contributed by atoms with Gasteiger partial charge < -0.3 is 26.8 Å². The third kappa shape index (κ3) is 5.04. The molecule has 1 aliphatic carbocycles. The van der Waals surface area contributed by atoms with E-state index in [-0.39, 0.29) is 36.4 Å². The minimum atomic E-state index is -2.87. The number of ether oxygens (including phenoxy) is 1. The molecule has 29 heavy (non-hydrogen) atoms. The number of nitrogens with zero attached hydrogens (tertiary/aromatic N) is 2. The van der Waals surface area contributed by atoms with Crippen molar-refractivity contribution in [3.05, 3.63) is 54.1 Å². The number of hydrogen-bond donors (Lipinski definition) is 1. The molecule has 2 aromatic rings. The van der Waals surface area contributed by atoms with Crippen LogP contribution in [0.3, 0.4) is 0 Å². The van der Waals surface area contributed by atoms with Crippen LogP contribution in [0.15, 0.2) is 42.7 Å². The van der Waals surface area contributed by atoms with E-state index in [0.29, 0.717) is 18.5 Å². The van der Waals surface area contributed by atoms with E-state index in [9.17, 15) is 18.7 Å². The lowest BCUT2D eigenvalue weighted by Crippen LogP contribution is -3.00. The molecule has 1 heterocycles. The zero-order valence-corrected chi connectivity index (χ0v) is 18.2. The molecule has 0 aliphatic heterocycles. The van der Waals surface area contributed by atoms with Crippen LogP contribution in [0.2, 0.25) is 0 Å². The monoisotopic (exact) mass is 472 g/mol. The van der Waals surface area contributed by atoms with Crippen molar-refractivity contribution >= 4 is 5.97 Å². The minimum Gasteiger partial charge on any atom is -1.00 e. The van der Waals surface area contributed by atoms with E-state index >= 15 is 0 Å². The van der Waals surface area contributed by atoms with Crippen LogP contribution in [0.4, 0.5) is 8.78 Å². The summed E-state index contributed by atoms with van der Waals surface area (Å²) < 4.78 is 36.9. The summed E-state index contributed by atoms with van der Waals surface area (Å²) in [6.45, 7) is 2.75. The lowest BCUT2D eigenvalue weighted by atomic mass is 9.80. The molecule has 0 unspecified atom stereocenters. The highest BCUT2D eigenvalue weighted by Gasteiger charge is 2.54. The Balaban J connectivity index is 0.00000300. The van der Waals surface area contributed by atoms with Crippen molar-refractivity contribution in [2.45, 2.75) is 50.7 Å². The Morgan fingerprint density at radius 1 is 1.38 bits per heavy atom. The van der Waals surface area contributed by atoms with Crippen LogP contribution in [-0.4, -0.2) is 28.2 Å². The van der Waals surface area contributed by atoms with E-state index in [1.165, 1.54) is 0 Å². The Bertz CT molecular complexity index is 829. The van der Waals surface area contributed by atoms with Gasteiger partial charge in [-0.1, -0.05) is 30.3 Å². The number of benzene rings is 1. The molecule has 0 amide bonds. The van der Waals surface area contributed by atoms with Gasteiger partial charge in [0.2, 0.25) is 5.92 Å². The van der Waals surface area contributed by atoms with E-state index in [1.54, 1.807) is 30.3 Å². The van der Waals surface area contributed by atoms with Crippen LogP contribution in [0, 0.1) is 12.8 Å². The Morgan fingerprint density at radius 2 is 2.07 bits per heavy atom. The third-order valence-electron chi connectivity index (χ3n) is 5.69. The predicted molar refractivity (Wildman–Crippen MR) is 98.5 cm³/mol. The largest absolute Gasteiger partial charge is 1.00 e. The molecule has 1 saturated carbocycles. The van der Waals surface area contributed by atoms with Gasteiger partial charge in [0, 0.05) is 32.1 Å². The van der Waals surface area contributed by atoms with Gasteiger partial charge in [-0.3, -0.25) is 0 Å². The van der Waals surface area contributed by atoms with Crippen molar-refractivity contribution in [3.63, 3.8) is 0 Å². The lowest BCUT2D eigenvalue weighted by Gasteiger charge is -2.32. The van der Waals surface area contributed by atoms with E-state index in [0.717, 1.165) is 5.82 Å². The van der Waals surface area contributed by atoms with Crippen LogP contribution in [0.1, 0.15) is 37.1 Å². The van der Waals surface area contributed by atoms with Gasteiger partial charge in [-0.05, 0) is 12.0 Å². The number of carbonyl (C=O) groups is 1. The molecule has 1 N–H and O–H groups in total. The highest BCUT2D eigenvalue weighted by molar-refractivity contribution is 5.81. The fourth-order valence-corrected chi connectivity index (χ4v) is 3.86. The van der Waals surface area contributed by atoms with Gasteiger partial charge in [-0.2, -0.15) is 0 Å². The molecule has 0 spiro atoms. The van der Waals surface area contributed by atoms with E-state index < -0.39 is 29.8 Å². The van der Waals surface area contributed by atoms with Crippen molar-refractivity contribution in [1.29, 1.82) is 0 Å². The summed E-state index contributed by atoms with van der Waals surface area (Å²) in [4.78, 5) is 12.8. The van der Waals surface area contributed by atoms with Crippen molar-refractivity contribution < 1.29 is 45.0 Å². The van der Waals surface area contributed by atoms with E-state index in [2.05, 4.69) is 0 Å². The number of esters is 1. The third-order valence-corrected chi connectivity index (χ3v) is 5.69. The Morgan fingerprint density at radius 3 is 2.62 bits per heavy atom. The molecule has 160 valence electrons. The average Bonchev–Trinajstić information content (AvgIpc) is 3.21. The number of halogens is 3. The molecule has 1 aliphatic rings. The van der Waals surface area contributed by atoms with Gasteiger partial charge in [0.1, 0.15) is 12.4 Å². The maximum absolute atomic E-state index is 13.8. The van der Waals surface area contributed by atoms with Crippen LogP contribution < -0.4 is 21.5 Å². The Hall–Kier alpha value is -1.80. The maximum atomic E-state index is 13.8. The fraction of sp³-hybridized carbons (Fsp3) is 0.524. The zero-order chi connectivity index (χ0) is 20.4. The van der Waals surface area contributed by atoms with Crippen molar-refractivity contribution in [1.82, 2.24) is 4.57 Å². The highest BCUT2D eigenvalue weighted by atomic mass is 79.9. The number of carbonyl (C=O) groups excluding carboxylic acids is 1. The van der Waals surface area contributed by atoms with Crippen molar-refractivity contribution in [2.24, 2.45) is 13.0 Å². The molecule has 1 aromatic heterocycles. The second kappa shape index (κ2) is 9.34. The molecule has 8 heteroatoms.